The van der Waals surface area contributed by atoms with Gasteiger partial charge in [-0.05, 0) is 49.0 Å². The van der Waals surface area contributed by atoms with Crippen LogP contribution in [0.5, 0.6) is 5.88 Å². The molecule has 3 rings (SSSR count). The Morgan fingerprint density at radius 1 is 1.36 bits per heavy atom. The molecule has 0 radical (unpaired) electrons. The number of rotatable bonds is 2. The lowest BCUT2D eigenvalue weighted by molar-refractivity contribution is 0.431. The summed E-state index contributed by atoms with van der Waals surface area (Å²) < 4.78 is 1.59. The summed E-state index contributed by atoms with van der Waals surface area (Å²) in [5.41, 5.74) is 1.91. The predicted octanol–water partition coefficient (Wildman–Crippen LogP) is 2.89. The second-order valence-electron chi connectivity index (χ2n) is 4.82. The highest BCUT2D eigenvalue weighted by Crippen LogP contribution is 2.24. The number of nitrogens with zero attached hydrogens (tertiary/aromatic N) is 2. The second-order valence-corrected chi connectivity index (χ2v) is 5.21. The first-order valence-corrected chi connectivity index (χ1v) is 7.05. The number of para-hydroxylation sites is 1. The van der Waals surface area contributed by atoms with Crippen LogP contribution in [0.4, 0.5) is 0 Å². The standard InChI is InChI=1S/C16H13N3O2S/c1-10-5-2-3-7-13(10)19-15(21)12(14(20)18-16(19)22)9-11-6-4-8-17-11/h2-9,21H,1H3,(H,18,20,22). The van der Waals surface area contributed by atoms with E-state index in [1.165, 1.54) is 10.6 Å². The summed E-state index contributed by atoms with van der Waals surface area (Å²) in [7, 11) is 0. The number of aliphatic imine (C=N–C) groups is 1. The maximum absolute atomic E-state index is 12.1. The lowest BCUT2D eigenvalue weighted by Gasteiger charge is -2.13. The van der Waals surface area contributed by atoms with Crippen molar-refractivity contribution < 1.29 is 5.11 Å². The van der Waals surface area contributed by atoms with Crippen molar-refractivity contribution in [3.8, 4) is 11.6 Å². The monoisotopic (exact) mass is 311 g/mol. The van der Waals surface area contributed by atoms with E-state index in [1.807, 2.05) is 31.2 Å². The number of benzene rings is 1. The second kappa shape index (κ2) is 5.57. The van der Waals surface area contributed by atoms with E-state index in [0.29, 0.717) is 11.4 Å². The van der Waals surface area contributed by atoms with E-state index in [1.54, 1.807) is 18.4 Å². The smallest absolute Gasteiger partial charge is 0.262 e. The van der Waals surface area contributed by atoms with Crippen LogP contribution >= 0.6 is 12.2 Å². The van der Waals surface area contributed by atoms with Crippen molar-refractivity contribution >= 4 is 24.5 Å². The highest BCUT2D eigenvalue weighted by Gasteiger charge is 2.14. The lowest BCUT2D eigenvalue weighted by atomic mass is 10.2. The van der Waals surface area contributed by atoms with Gasteiger partial charge < -0.3 is 5.11 Å². The average molecular weight is 311 g/mol. The molecule has 110 valence electrons. The van der Waals surface area contributed by atoms with Gasteiger partial charge in [0.1, 0.15) is 5.56 Å². The number of allylic oxidation sites excluding steroid dienone is 2. The van der Waals surface area contributed by atoms with E-state index in [-0.39, 0.29) is 16.2 Å². The van der Waals surface area contributed by atoms with Crippen LogP contribution in [-0.2, 0) is 0 Å². The third-order valence-electron chi connectivity index (χ3n) is 3.35. The number of aromatic nitrogens is 2. The number of hydrogen-bond acceptors (Lipinski definition) is 4. The Balaban J connectivity index is 2.29. The van der Waals surface area contributed by atoms with Gasteiger partial charge in [-0.25, -0.2) is 0 Å². The van der Waals surface area contributed by atoms with Gasteiger partial charge in [-0.3, -0.25) is 19.3 Å². The van der Waals surface area contributed by atoms with Gasteiger partial charge >= 0.3 is 0 Å². The molecule has 2 N–H and O–H groups in total. The summed E-state index contributed by atoms with van der Waals surface area (Å²) in [6.45, 7) is 1.91. The highest BCUT2D eigenvalue weighted by atomic mass is 32.1. The maximum atomic E-state index is 12.1. The molecule has 5 nitrogen and oxygen atoms in total. The molecule has 2 heterocycles. The molecule has 0 saturated carbocycles. The molecule has 0 fully saturated rings. The third kappa shape index (κ3) is 2.44. The Kier molecular flexibility index (Phi) is 3.60. The molecule has 0 spiro atoms. The van der Waals surface area contributed by atoms with Gasteiger partial charge in [0.05, 0.1) is 11.4 Å². The topological polar surface area (TPSA) is 70.4 Å². The van der Waals surface area contributed by atoms with E-state index in [0.717, 1.165) is 5.56 Å². The van der Waals surface area contributed by atoms with Crippen molar-refractivity contribution in [1.82, 2.24) is 9.55 Å². The number of aromatic amines is 1. The van der Waals surface area contributed by atoms with Crippen molar-refractivity contribution in [1.29, 1.82) is 0 Å². The first-order chi connectivity index (χ1) is 10.6. The van der Waals surface area contributed by atoms with E-state index < -0.39 is 5.56 Å². The largest absolute Gasteiger partial charge is 0.494 e. The molecular weight excluding hydrogens is 298 g/mol. The minimum absolute atomic E-state index is 0.121. The average Bonchev–Trinajstić information content (AvgIpc) is 2.98. The summed E-state index contributed by atoms with van der Waals surface area (Å²) in [6, 6.07) is 7.47. The van der Waals surface area contributed by atoms with Gasteiger partial charge in [-0.2, -0.15) is 0 Å². The molecule has 22 heavy (non-hydrogen) atoms. The fourth-order valence-corrected chi connectivity index (χ4v) is 2.53. The van der Waals surface area contributed by atoms with Crippen LogP contribution in [0, 0.1) is 11.7 Å². The van der Waals surface area contributed by atoms with Gasteiger partial charge in [0.2, 0.25) is 5.88 Å². The molecule has 1 aromatic heterocycles. The minimum atomic E-state index is -0.449. The Hall–Kier alpha value is -2.73. The molecule has 0 saturated heterocycles. The van der Waals surface area contributed by atoms with E-state index in [9.17, 15) is 9.90 Å². The van der Waals surface area contributed by atoms with Crippen LogP contribution in [0.2, 0.25) is 0 Å². The first-order valence-electron chi connectivity index (χ1n) is 6.64. The molecule has 0 atom stereocenters. The zero-order chi connectivity index (χ0) is 15.7. The molecule has 6 heteroatoms. The Bertz CT molecular complexity index is 935. The highest BCUT2D eigenvalue weighted by molar-refractivity contribution is 7.71. The molecule has 0 unspecified atom stereocenters. The zero-order valence-electron chi connectivity index (χ0n) is 11.8. The van der Waals surface area contributed by atoms with Crippen LogP contribution in [0.25, 0.3) is 11.8 Å². The molecule has 1 aliphatic rings. The summed E-state index contributed by atoms with van der Waals surface area (Å²) in [5, 5.41) is 10.5. The summed E-state index contributed by atoms with van der Waals surface area (Å²) in [5.74, 6) is -0.203. The normalized spacial score (nSPS) is 14.9. The molecular formula is C16H13N3O2S. The fraction of sp³-hybridized carbons (Fsp3) is 0.0625. The van der Waals surface area contributed by atoms with Crippen molar-refractivity contribution in [3.63, 3.8) is 0 Å². The van der Waals surface area contributed by atoms with E-state index >= 15 is 0 Å². The van der Waals surface area contributed by atoms with Crippen LogP contribution in [-0.4, -0.2) is 20.9 Å². The molecule has 2 aromatic rings. The fourth-order valence-electron chi connectivity index (χ4n) is 2.25. The van der Waals surface area contributed by atoms with Gasteiger partial charge in [0.15, 0.2) is 4.77 Å². The minimum Gasteiger partial charge on any atom is -0.494 e. The SMILES string of the molecule is Cc1ccccc1-n1c(O)c(C=C2C=CC=N2)c(=O)[nH]c1=S. The Morgan fingerprint density at radius 2 is 2.14 bits per heavy atom. The van der Waals surface area contributed by atoms with Crippen LogP contribution in [0.3, 0.4) is 0 Å². The molecule has 1 aliphatic heterocycles. The zero-order valence-corrected chi connectivity index (χ0v) is 12.6. The van der Waals surface area contributed by atoms with Crippen LogP contribution < -0.4 is 5.56 Å². The summed E-state index contributed by atoms with van der Waals surface area (Å²) in [6.07, 6.45) is 6.65. The van der Waals surface area contributed by atoms with Crippen molar-refractivity contribution in [3.05, 3.63) is 68.4 Å². The number of aryl methyl sites for hydroxylation is 1. The summed E-state index contributed by atoms with van der Waals surface area (Å²) >= 11 is 5.19. The van der Waals surface area contributed by atoms with E-state index in [4.69, 9.17) is 12.2 Å². The van der Waals surface area contributed by atoms with Crippen molar-refractivity contribution in [2.75, 3.05) is 0 Å². The Morgan fingerprint density at radius 3 is 2.82 bits per heavy atom. The molecule has 0 amide bonds. The maximum Gasteiger partial charge on any atom is 0.262 e. The van der Waals surface area contributed by atoms with Gasteiger partial charge in [0, 0.05) is 6.21 Å². The number of aromatic hydroxyl groups is 1. The molecule has 0 bridgehead atoms. The van der Waals surface area contributed by atoms with Gasteiger partial charge in [0.25, 0.3) is 5.56 Å². The van der Waals surface area contributed by atoms with E-state index in [2.05, 4.69) is 9.98 Å². The Labute approximate surface area is 131 Å². The van der Waals surface area contributed by atoms with Gasteiger partial charge in [-0.15, -0.1) is 0 Å². The molecule has 1 aromatic carbocycles. The van der Waals surface area contributed by atoms with Gasteiger partial charge in [-0.1, -0.05) is 18.2 Å². The summed E-state index contributed by atoms with van der Waals surface area (Å²) in [4.78, 5) is 18.8. The van der Waals surface area contributed by atoms with Crippen LogP contribution in [0.1, 0.15) is 11.1 Å². The first kappa shape index (κ1) is 14.2. The quantitative estimate of drug-likeness (QED) is 0.838. The number of hydrogen-bond donors (Lipinski definition) is 2. The lowest BCUT2D eigenvalue weighted by Crippen LogP contribution is -2.16. The van der Waals surface area contributed by atoms with Crippen LogP contribution in [0.15, 0.2) is 51.9 Å². The van der Waals surface area contributed by atoms with Crippen molar-refractivity contribution in [2.24, 2.45) is 4.99 Å². The third-order valence-corrected chi connectivity index (χ3v) is 3.63. The number of nitrogens with one attached hydrogen (secondary N) is 1. The van der Waals surface area contributed by atoms with Crippen molar-refractivity contribution in [2.45, 2.75) is 6.92 Å². The molecule has 0 aliphatic carbocycles. The number of H-pyrrole nitrogens is 1. The predicted molar refractivity (Wildman–Crippen MR) is 89.2 cm³/mol.